The molecule has 0 aliphatic carbocycles. The molecule has 25 heavy (non-hydrogen) atoms. The first-order chi connectivity index (χ1) is 11.8. The van der Waals surface area contributed by atoms with Crippen LogP contribution in [0, 0.1) is 18.3 Å². The molecule has 2 saturated heterocycles. The predicted octanol–water partition coefficient (Wildman–Crippen LogP) is 2.93. The van der Waals surface area contributed by atoms with E-state index in [9.17, 15) is 4.79 Å². The third-order valence-corrected chi connectivity index (χ3v) is 5.52. The highest BCUT2D eigenvalue weighted by Gasteiger charge is 2.53. The summed E-state index contributed by atoms with van der Waals surface area (Å²) in [5.74, 6) is 0.819. The highest BCUT2D eigenvalue weighted by molar-refractivity contribution is 6.32. The number of carbonyl (C=O) groups excluding carboxylic acids is 1. The van der Waals surface area contributed by atoms with Crippen molar-refractivity contribution in [2.24, 2.45) is 11.3 Å². The molecule has 2 heterocycles. The summed E-state index contributed by atoms with van der Waals surface area (Å²) >= 11 is 6.22. The summed E-state index contributed by atoms with van der Waals surface area (Å²) in [5, 5.41) is 0.508. The van der Waals surface area contributed by atoms with E-state index in [1.165, 1.54) is 0 Å². The standard InChI is InChI=1S/C19H26ClNO4/c1-13-5-6-15(20)16(7-13)25-18(2,3)17(22)21-8-14-9-24-12-19(14,10-21)11-23-4/h5-7,14H,8-12H2,1-4H3/t14-,19-/m0/s1. The number of halogens is 1. The van der Waals surface area contributed by atoms with Gasteiger partial charge in [-0.1, -0.05) is 17.7 Å². The Bertz CT molecular complexity index is 663. The first kappa shape index (κ1) is 18.5. The number of likely N-dealkylation sites (tertiary alicyclic amines) is 1. The third kappa shape index (κ3) is 3.50. The summed E-state index contributed by atoms with van der Waals surface area (Å²) < 4.78 is 17.1. The Morgan fingerprint density at radius 1 is 1.48 bits per heavy atom. The molecule has 1 aromatic rings. The number of fused-ring (bicyclic) bond motifs is 1. The molecule has 0 unspecified atom stereocenters. The van der Waals surface area contributed by atoms with Crippen LogP contribution in [0.5, 0.6) is 5.75 Å². The van der Waals surface area contributed by atoms with Crippen molar-refractivity contribution in [3.8, 4) is 5.75 Å². The molecule has 0 bridgehead atoms. The molecule has 1 amide bonds. The Kier molecular flexibility index (Phi) is 5.02. The zero-order valence-electron chi connectivity index (χ0n) is 15.3. The maximum atomic E-state index is 13.1. The predicted molar refractivity (Wildman–Crippen MR) is 96.1 cm³/mol. The number of aryl methyl sites for hydroxylation is 1. The van der Waals surface area contributed by atoms with E-state index in [-0.39, 0.29) is 11.3 Å². The lowest BCUT2D eigenvalue weighted by atomic mass is 9.82. The molecular formula is C19H26ClNO4. The second-order valence-corrected chi connectivity index (χ2v) is 8.15. The largest absolute Gasteiger partial charge is 0.476 e. The lowest BCUT2D eigenvalue weighted by Gasteiger charge is -2.32. The molecule has 5 nitrogen and oxygen atoms in total. The van der Waals surface area contributed by atoms with Crippen LogP contribution in [0.3, 0.4) is 0 Å². The Hall–Kier alpha value is -1.30. The molecular weight excluding hydrogens is 342 g/mol. The van der Waals surface area contributed by atoms with Gasteiger partial charge < -0.3 is 19.1 Å². The van der Waals surface area contributed by atoms with E-state index in [1.54, 1.807) is 27.0 Å². The zero-order valence-corrected chi connectivity index (χ0v) is 16.1. The van der Waals surface area contributed by atoms with Gasteiger partial charge in [0, 0.05) is 31.5 Å². The molecule has 0 spiro atoms. The Morgan fingerprint density at radius 3 is 2.96 bits per heavy atom. The number of ether oxygens (including phenoxy) is 3. The molecule has 0 aromatic heterocycles. The lowest BCUT2D eigenvalue weighted by molar-refractivity contribution is -0.145. The fourth-order valence-electron chi connectivity index (χ4n) is 3.87. The summed E-state index contributed by atoms with van der Waals surface area (Å²) in [7, 11) is 1.70. The first-order valence-corrected chi connectivity index (χ1v) is 8.96. The van der Waals surface area contributed by atoms with Crippen LogP contribution >= 0.6 is 11.6 Å². The first-order valence-electron chi connectivity index (χ1n) is 8.59. The van der Waals surface area contributed by atoms with Gasteiger partial charge in [0.05, 0.1) is 24.8 Å². The van der Waals surface area contributed by atoms with Crippen LogP contribution in [0.4, 0.5) is 0 Å². The van der Waals surface area contributed by atoms with Gasteiger partial charge in [0.25, 0.3) is 5.91 Å². The Morgan fingerprint density at radius 2 is 2.24 bits per heavy atom. The average molecular weight is 368 g/mol. The molecule has 138 valence electrons. The van der Waals surface area contributed by atoms with Gasteiger partial charge in [-0.2, -0.15) is 0 Å². The number of methoxy groups -OCH3 is 1. The quantitative estimate of drug-likeness (QED) is 0.802. The van der Waals surface area contributed by atoms with Gasteiger partial charge in [-0.3, -0.25) is 4.79 Å². The molecule has 2 atom stereocenters. The monoisotopic (exact) mass is 367 g/mol. The normalized spacial score (nSPS) is 26.0. The molecule has 2 aliphatic rings. The summed E-state index contributed by atoms with van der Waals surface area (Å²) in [4.78, 5) is 15.0. The zero-order chi connectivity index (χ0) is 18.2. The van der Waals surface area contributed by atoms with Gasteiger partial charge in [-0.25, -0.2) is 0 Å². The average Bonchev–Trinajstić information content (AvgIpc) is 3.07. The van der Waals surface area contributed by atoms with Crippen LogP contribution in [-0.4, -0.2) is 56.4 Å². The summed E-state index contributed by atoms with van der Waals surface area (Å²) in [6, 6.07) is 5.56. The number of rotatable bonds is 5. The number of hydrogen-bond acceptors (Lipinski definition) is 4. The lowest BCUT2D eigenvalue weighted by Crippen LogP contribution is -2.49. The van der Waals surface area contributed by atoms with E-state index in [1.807, 2.05) is 24.0 Å². The van der Waals surface area contributed by atoms with Gasteiger partial charge in [0.1, 0.15) is 5.75 Å². The van der Waals surface area contributed by atoms with Crippen LogP contribution in [0.2, 0.25) is 5.02 Å². The molecule has 0 saturated carbocycles. The summed E-state index contributed by atoms with van der Waals surface area (Å²) in [6.45, 7) is 8.79. The number of hydrogen-bond donors (Lipinski definition) is 0. The van der Waals surface area contributed by atoms with E-state index < -0.39 is 5.60 Å². The molecule has 0 N–H and O–H groups in total. The number of carbonyl (C=O) groups is 1. The van der Waals surface area contributed by atoms with E-state index >= 15 is 0 Å². The highest BCUT2D eigenvalue weighted by Crippen LogP contribution is 2.42. The number of amides is 1. The van der Waals surface area contributed by atoms with Gasteiger partial charge >= 0.3 is 0 Å². The van der Waals surface area contributed by atoms with Crippen molar-refractivity contribution in [2.75, 3.05) is 40.0 Å². The van der Waals surface area contributed by atoms with E-state index in [0.29, 0.717) is 49.6 Å². The minimum Gasteiger partial charge on any atom is -0.476 e. The second kappa shape index (κ2) is 6.78. The topological polar surface area (TPSA) is 48.0 Å². The van der Waals surface area contributed by atoms with Crippen LogP contribution in [-0.2, 0) is 14.3 Å². The molecule has 2 aliphatic heterocycles. The van der Waals surface area contributed by atoms with Gasteiger partial charge in [-0.05, 0) is 38.5 Å². The fraction of sp³-hybridized carbons (Fsp3) is 0.632. The van der Waals surface area contributed by atoms with Crippen molar-refractivity contribution in [1.29, 1.82) is 0 Å². The molecule has 2 fully saturated rings. The maximum Gasteiger partial charge on any atom is 0.266 e. The number of nitrogens with zero attached hydrogens (tertiary/aromatic N) is 1. The van der Waals surface area contributed by atoms with Crippen LogP contribution in [0.25, 0.3) is 0 Å². The molecule has 3 rings (SSSR count). The fourth-order valence-corrected chi connectivity index (χ4v) is 4.02. The second-order valence-electron chi connectivity index (χ2n) is 7.74. The van der Waals surface area contributed by atoms with Crippen molar-refractivity contribution in [3.05, 3.63) is 28.8 Å². The van der Waals surface area contributed by atoms with Crippen molar-refractivity contribution < 1.29 is 19.0 Å². The third-order valence-electron chi connectivity index (χ3n) is 5.21. The van der Waals surface area contributed by atoms with Crippen LogP contribution in [0.15, 0.2) is 18.2 Å². The van der Waals surface area contributed by atoms with Gasteiger partial charge in [0.15, 0.2) is 5.60 Å². The maximum absolute atomic E-state index is 13.1. The summed E-state index contributed by atoms with van der Waals surface area (Å²) in [6.07, 6.45) is 0. The minimum atomic E-state index is -0.995. The molecule has 0 radical (unpaired) electrons. The van der Waals surface area contributed by atoms with Gasteiger partial charge in [-0.15, -0.1) is 0 Å². The summed E-state index contributed by atoms with van der Waals surface area (Å²) in [5.41, 5.74) is -0.0540. The van der Waals surface area contributed by atoms with E-state index in [4.69, 9.17) is 25.8 Å². The van der Waals surface area contributed by atoms with Gasteiger partial charge in [0.2, 0.25) is 0 Å². The van der Waals surface area contributed by atoms with Crippen molar-refractivity contribution >= 4 is 17.5 Å². The van der Waals surface area contributed by atoms with Crippen molar-refractivity contribution in [2.45, 2.75) is 26.4 Å². The van der Waals surface area contributed by atoms with Crippen molar-refractivity contribution in [1.82, 2.24) is 4.90 Å². The Labute approximate surface area is 154 Å². The SMILES string of the molecule is COC[C@@]12COC[C@@H]1CN(C(=O)C(C)(C)Oc1cc(C)ccc1Cl)C2. The van der Waals surface area contributed by atoms with E-state index in [0.717, 1.165) is 5.56 Å². The molecule has 6 heteroatoms. The van der Waals surface area contributed by atoms with E-state index in [2.05, 4.69) is 0 Å². The Balaban J connectivity index is 1.75. The van der Waals surface area contributed by atoms with Crippen LogP contribution in [0.1, 0.15) is 19.4 Å². The number of benzene rings is 1. The highest BCUT2D eigenvalue weighted by atomic mass is 35.5. The van der Waals surface area contributed by atoms with Crippen LogP contribution < -0.4 is 4.74 Å². The van der Waals surface area contributed by atoms with Crippen molar-refractivity contribution in [3.63, 3.8) is 0 Å². The minimum absolute atomic E-state index is 0.0325. The smallest absolute Gasteiger partial charge is 0.266 e. The molecule has 1 aromatic carbocycles.